The van der Waals surface area contributed by atoms with Crippen LogP contribution in [-0.4, -0.2) is 6.04 Å². The fourth-order valence-electron chi connectivity index (χ4n) is 3.78. The van der Waals surface area contributed by atoms with E-state index in [1.807, 2.05) is 6.07 Å². The van der Waals surface area contributed by atoms with E-state index in [-0.39, 0.29) is 5.82 Å². The second-order valence-electron chi connectivity index (χ2n) is 6.29. The van der Waals surface area contributed by atoms with E-state index in [9.17, 15) is 4.39 Å². The molecule has 0 spiro atoms. The molecule has 0 aromatic heterocycles. The van der Waals surface area contributed by atoms with E-state index in [0.717, 1.165) is 24.3 Å². The largest absolute Gasteiger partial charge is 0.307 e. The summed E-state index contributed by atoms with van der Waals surface area (Å²) in [5, 5.41) is 3.82. The summed E-state index contributed by atoms with van der Waals surface area (Å²) in [4.78, 5) is 0. The van der Waals surface area contributed by atoms with Crippen LogP contribution in [0.5, 0.6) is 0 Å². The van der Waals surface area contributed by atoms with Crippen LogP contribution in [0.15, 0.2) is 18.2 Å². The van der Waals surface area contributed by atoms with Gasteiger partial charge in [0.1, 0.15) is 5.82 Å². The highest BCUT2D eigenvalue weighted by molar-refractivity contribution is 5.35. The lowest BCUT2D eigenvalue weighted by atomic mass is 9.95. The molecule has 0 aliphatic heterocycles. The predicted octanol–water partition coefficient (Wildman–Crippen LogP) is 4.37. The quantitative estimate of drug-likeness (QED) is 0.779. The first-order chi connectivity index (χ1) is 9.25. The molecule has 0 heterocycles. The molecule has 3 rings (SSSR count). The maximum absolute atomic E-state index is 13.8. The lowest BCUT2D eigenvalue weighted by Crippen LogP contribution is -2.36. The van der Waals surface area contributed by atoms with Gasteiger partial charge in [-0.15, -0.1) is 0 Å². The lowest BCUT2D eigenvalue weighted by Gasteiger charge is -2.27. The molecule has 0 amide bonds. The molecule has 0 saturated heterocycles. The van der Waals surface area contributed by atoms with Crippen molar-refractivity contribution in [1.82, 2.24) is 5.32 Å². The van der Waals surface area contributed by atoms with E-state index in [4.69, 9.17) is 0 Å². The molecule has 1 nitrogen and oxygen atoms in total. The van der Waals surface area contributed by atoms with Gasteiger partial charge in [0.15, 0.2) is 0 Å². The first kappa shape index (κ1) is 13.1. The minimum absolute atomic E-state index is 0.0179. The number of benzene rings is 1. The smallest absolute Gasteiger partial charge is 0.126 e. The van der Waals surface area contributed by atoms with Gasteiger partial charge in [0.2, 0.25) is 0 Å². The number of fused-ring (bicyclic) bond motifs is 1. The molecular formula is C17H24FN. The highest BCUT2D eigenvalue weighted by Gasteiger charge is 2.28. The van der Waals surface area contributed by atoms with Gasteiger partial charge >= 0.3 is 0 Å². The molecule has 0 bridgehead atoms. The molecule has 3 atom stereocenters. The van der Waals surface area contributed by atoms with Gasteiger partial charge in [0.05, 0.1) is 0 Å². The molecule has 2 heteroatoms. The molecule has 1 fully saturated rings. The summed E-state index contributed by atoms with van der Waals surface area (Å²) in [6.07, 6.45) is 8.64. The van der Waals surface area contributed by atoms with Crippen molar-refractivity contribution < 1.29 is 4.39 Å². The fraction of sp³-hybridized carbons (Fsp3) is 0.647. The third kappa shape index (κ3) is 2.69. The summed E-state index contributed by atoms with van der Waals surface area (Å²) >= 11 is 0. The van der Waals surface area contributed by atoms with Crippen LogP contribution < -0.4 is 5.32 Å². The zero-order valence-electron chi connectivity index (χ0n) is 11.8. The van der Waals surface area contributed by atoms with Gasteiger partial charge in [-0.3, -0.25) is 0 Å². The Morgan fingerprint density at radius 2 is 1.95 bits per heavy atom. The molecule has 104 valence electrons. The van der Waals surface area contributed by atoms with Crippen LogP contribution in [0.1, 0.15) is 62.6 Å². The van der Waals surface area contributed by atoms with Crippen molar-refractivity contribution in [2.75, 3.05) is 0 Å². The monoisotopic (exact) mass is 261 g/mol. The fourth-order valence-corrected chi connectivity index (χ4v) is 3.78. The van der Waals surface area contributed by atoms with Crippen LogP contribution in [0.3, 0.4) is 0 Å². The average molecular weight is 261 g/mol. The summed E-state index contributed by atoms with van der Waals surface area (Å²) in [5.41, 5.74) is 2.15. The van der Waals surface area contributed by atoms with Crippen LogP contribution in [-0.2, 0) is 6.42 Å². The molecular weight excluding hydrogens is 237 g/mol. The van der Waals surface area contributed by atoms with E-state index >= 15 is 0 Å². The Balaban J connectivity index is 1.73. The number of hydrogen-bond donors (Lipinski definition) is 1. The van der Waals surface area contributed by atoms with Crippen molar-refractivity contribution in [1.29, 1.82) is 0 Å². The zero-order chi connectivity index (χ0) is 13.2. The topological polar surface area (TPSA) is 12.0 Å². The van der Waals surface area contributed by atoms with Gasteiger partial charge < -0.3 is 5.32 Å². The van der Waals surface area contributed by atoms with Crippen molar-refractivity contribution in [2.45, 2.75) is 64.0 Å². The van der Waals surface area contributed by atoms with E-state index < -0.39 is 0 Å². The van der Waals surface area contributed by atoms with Crippen molar-refractivity contribution in [3.05, 3.63) is 35.1 Å². The maximum atomic E-state index is 13.8. The third-order valence-corrected chi connectivity index (χ3v) is 4.99. The van der Waals surface area contributed by atoms with Crippen LogP contribution >= 0.6 is 0 Å². The molecule has 2 aliphatic rings. The molecule has 1 saturated carbocycles. The Labute approximate surface area is 115 Å². The van der Waals surface area contributed by atoms with Crippen LogP contribution in [0.4, 0.5) is 4.39 Å². The van der Waals surface area contributed by atoms with E-state index in [1.165, 1.54) is 37.7 Å². The van der Waals surface area contributed by atoms with Crippen LogP contribution in [0, 0.1) is 11.7 Å². The van der Waals surface area contributed by atoms with Gasteiger partial charge in [-0.25, -0.2) is 4.39 Å². The Morgan fingerprint density at radius 3 is 2.84 bits per heavy atom. The Hall–Kier alpha value is -0.890. The first-order valence-electron chi connectivity index (χ1n) is 7.79. The van der Waals surface area contributed by atoms with Crippen molar-refractivity contribution >= 4 is 0 Å². The van der Waals surface area contributed by atoms with Crippen molar-refractivity contribution in [3.8, 4) is 0 Å². The second-order valence-corrected chi connectivity index (χ2v) is 6.29. The van der Waals surface area contributed by atoms with Crippen LogP contribution in [0.25, 0.3) is 0 Å². The number of rotatable bonds is 2. The summed E-state index contributed by atoms with van der Waals surface area (Å²) in [6, 6.07) is 6.53. The second kappa shape index (κ2) is 5.62. The van der Waals surface area contributed by atoms with Crippen LogP contribution in [0.2, 0.25) is 0 Å². The van der Waals surface area contributed by atoms with E-state index in [2.05, 4.69) is 18.3 Å². The summed E-state index contributed by atoms with van der Waals surface area (Å²) in [7, 11) is 0. The van der Waals surface area contributed by atoms with Gasteiger partial charge in [-0.2, -0.15) is 0 Å². The van der Waals surface area contributed by atoms with Gasteiger partial charge in [-0.1, -0.05) is 38.3 Å². The Kier molecular flexibility index (Phi) is 3.88. The average Bonchev–Trinajstić information content (AvgIpc) is 2.70. The Morgan fingerprint density at radius 1 is 1.11 bits per heavy atom. The molecule has 1 aromatic carbocycles. The minimum Gasteiger partial charge on any atom is -0.307 e. The summed E-state index contributed by atoms with van der Waals surface area (Å²) in [6.45, 7) is 2.37. The van der Waals surface area contributed by atoms with E-state index in [1.54, 1.807) is 6.07 Å². The molecule has 19 heavy (non-hydrogen) atoms. The standard InChI is InChI=1S/C17H24FN/c1-12-6-3-2-4-9-16(12)19-17-11-10-13-14(17)7-5-8-15(13)18/h5,7-8,12,16-17,19H,2-4,6,9-11H2,1H3. The van der Waals surface area contributed by atoms with Gasteiger partial charge in [-0.05, 0) is 48.8 Å². The van der Waals surface area contributed by atoms with Crippen molar-refractivity contribution in [2.24, 2.45) is 5.92 Å². The molecule has 2 aliphatic carbocycles. The SMILES string of the molecule is CC1CCCCCC1NC1CCc2c(F)cccc21. The van der Waals surface area contributed by atoms with Crippen molar-refractivity contribution in [3.63, 3.8) is 0 Å². The molecule has 3 unspecified atom stereocenters. The van der Waals surface area contributed by atoms with Gasteiger partial charge in [0.25, 0.3) is 0 Å². The lowest BCUT2D eigenvalue weighted by molar-refractivity contribution is 0.321. The highest BCUT2D eigenvalue weighted by atomic mass is 19.1. The molecule has 1 N–H and O–H groups in total. The normalized spacial score (nSPS) is 30.9. The predicted molar refractivity (Wildman–Crippen MR) is 76.6 cm³/mol. The zero-order valence-corrected chi connectivity index (χ0v) is 11.8. The van der Waals surface area contributed by atoms with E-state index in [0.29, 0.717) is 12.1 Å². The number of nitrogens with one attached hydrogen (secondary N) is 1. The molecule has 1 aromatic rings. The summed E-state index contributed by atoms with van der Waals surface area (Å²) in [5.74, 6) is 0.732. The molecule has 0 radical (unpaired) electrons. The number of hydrogen-bond acceptors (Lipinski definition) is 1. The number of halogens is 1. The summed E-state index contributed by atoms with van der Waals surface area (Å²) < 4.78 is 13.8. The Bertz CT molecular complexity index is 443. The van der Waals surface area contributed by atoms with Gasteiger partial charge in [0, 0.05) is 12.1 Å². The highest BCUT2D eigenvalue weighted by Crippen LogP contribution is 2.34. The minimum atomic E-state index is -0.0179. The maximum Gasteiger partial charge on any atom is 0.126 e. The third-order valence-electron chi connectivity index (χ3n) is 4.99. The first-order valence-corrected chi connectivity index (χ1v) is 7.79.